The Balaban J connectivity index is 1.47. The minimum Gasteiger partial charge on any atom is -0.480 e. The van der Waals surface area contributed by atoms with Crippen molar-refractivity contribution in [2.24, 2.45) is 0 Å². The molecule has 2 aromatic rings. The quantitative estimate of drug-likeness (QED) is 0.592. The molecule has 0 unspecified atom stereocenters. The summed E-state index contributed by atoms with van der Waals surface area (Å²) in [5, 5.41) is 19.8. The highest BCUT2D eigenvalue weighted by Gasteiger charge is 2.33. The van der Waals surface area contributed by atoms with E-state index in [1.54, 1.807) is 0 Å². The number of aromatic nitrogens is 1. The zero-order valence-electron chi connectivity index (χ0n) is 19.2. The predicted molar refractivity (Wildman–Crippen MR) is 122 cm³/mol. The van der Waals surface area contributed by atoms with Gasteiger partial charge in [-0.2, -0.15) is 0 Å². The molecule has 0 saturated carbocycles. The SMILES string of the molecule is CN1CCN(C(=O)CN2CCN([C@H](C(=O)O)c3cn(CC(=O)O)c4cc(F)ccc34)CC2)CC1. The Morgan fingerprint density at radius 1 is 0.971 bits per heavy atom. The van der Waals surface area contributed by atoms with E-state index in [2.05, 4.69) is 4.90 Å². The number of carboxylic acid groups (broad SMARTS) is 2. The molecule has 1 aromatic heterocycles. The molecule has 34 heavy (non-hydrogen) atoms. The van der Waals surface area contributed by atoms with Crippen LogP contribution in [0.15, 0.2) is 24.4 Å². The summed E-state index contributed by atoms with van der Waals surface area (Å²) in [6.45, 7) is 5.06. The summed E-state index contributed by atoms with van der Waals surface area (Å²) in [5.74, 6) is -2.58. The Morgan fingerprint density at radius 2 is 1.65 bits per heavy atom. The Hall–Kier alpha value is -3.02. The first-order chi connectivity index (χ1) is 16.2. The van der Waals surface area contributed by atoms with Gasteiger partial charge in [-0.1, -0.05) is 0 Å². The molecular formula is C23H30FN5O5. The summed E-state index contributed by atoms with van der Waals surface area (Å²) in [7, 11) is 2.04. The summed E-state index contributed by atoms with van der Waals surface area (Å²) in [5.41, 5.74) is 0.783. The molecule has 0 radical (unpaired) electrons. The van der Waals surface area contributed by atoms with Gasteiger partial charge in [0.2, 0.25) is 5.91 Å². The monoisotopic (exact) mass is 475 g/mol. The third-order valence-electron chi connectivity index (χ3n) is 6.70. The summed E-state index contributed by atoms with van der Waals surface area (Å²) in [4.78, 5) is 44.2. The first-order valence-electron chi connectivity index (χ1n) is 11.4. The lowest BCUT2D eigenvalue weighted by atomic mass is 10.0. The second-order valence-electron chi connectivity index (χ2n) is 9.00. The van der Waals surface area contributed by atoms with Gasteiger partial charge >= 0.3 is 11.9 Å². The number of hydrogen-bond donors (Lipinski definition) is 2. The number of carbonyl (C=O) groups excluding carboxylic acids is 1. The lowest BCUT2D eigenvalue weighted by molar-refractivity contribution is -0.145. The van der Waals surface area contributed by atoms with E-state index in [1.807, 2.05) is 21.7 Å². The fraction of sp³-hybridized carbons (Fsp3) is 0.522. The van der Waals surface area contributed by atoms with E-state index in [4.69, 9.17) is 0 Å². The molecule has 2 N–H and O–H groups in total. The van der Waals surface area contributed by atoms with Gasteiger partial charge in [0.25, 0.3) is 0 Å². The zero-order chi connectivity index (χ0) is 24.4. The van der Waals surface area contributed by atoms with E-state index in [-0.39, 0.29) is 5.91 Å². The van der Waals surface area contributed by atoms with Crippen LogP contribution in [0.25, 0.3) is 10.9 Å². The molecule has 3 heterocycles. The van der Waals surface area contributed by atoms with Crippen molar-refractivity contribution in [1.29, 1.82) is 0 Å². The molecular weight excluding hydrogens is 445 g/mol. The zero-order valence-corrected chi connectivity index (χ0v) is 19.2. The van der Waals surface area contributed by atoms with Crippen molar-refractivity contribution in [3.05, 3.63) is 35.8 Å². The highest BCUT2D eigenvalue weighted by molar-refractivity contribution is 5.90. The molecule has 10 nitrogen and oxygen atoms in total. The summed E-state index contributed by atoms with van der Waals surface area (Å²) >= 11 is 0. The number of carbonyl (C=O) groups is 3. The van der Waals surface area contributed by atoms with Gasteiger partial charge in [0.15, 0.2) is 0 Å². The number of carboxylic acids is 2. The van der Waals surface area contributed by atoms with Crippen molar-refractivity contribution >= 4 is 28.7 Å². The molecule has 0 spiro atoms. The average molecular weight is 476 g/mol. The third-order valence-corrected chi connectivity index (χ3v) is 6.70. The Morgan fingerprint density at radius 3 is 2.26 bits per heavy atom. The maximum atomic E-state index is 13.9. The number of rotatable bonds is 7. The first kappa shape index (κ1) is 24.1. The van der Waals surface area contributed by atoms with E-state index in [0.717, 1.165) is 26.2 Å². The van der Waals surface area contributed by atoms with Gasteiger partial charge < -0.3 is 24.6 Å². The second kappa shape index (κ2) is 10.1. The number of piperazine rings is 2. The molecule has 1 atom stereocenters. The van der Waals surface area contributed by atoms with E-state index >= 15 is 0 Å². The first-order valence-corrected chi connectivity index (χ1v) is 11.4. The Labute approximate surface area is 196 Å². The third kappa shape index (κ3) is 5.21. The minimum atomic E-state index is -1.10. The molecule has 4 rings (SSSR count). The number of likely N-dealkylation sites (N-methyl/N-ethyl adjacent to an activating group) is 1. The molecule has 1 aromatic carbocycles. The lowest BCUT2D eigenvalue weighted by Crippen LogP contribution is -2.54. The van der Waals surface area contributed by atoms with Gasteiger partial charge in [-0.15, -0.1) is 0 Å². The van der Waals surface area contributed by atoms with Crippen molar-refractivity contribution in [3.63, 3.8) is 0 Å². The number of hydrogen-bond acceptors (Lipinski definition) is 6. The molecule has 0 bridgehead atoms. The summed E-state index contributed by atoms with van der Waals surface area (Å²) < 4.78 is 15.2. The fourth-order valence-corrected chi connectivity index (χ4v) is 4.80. The standard InChI is InChI=1S/C23H30FN5O5/c1-25-4-8-27(9-5-25)20(30)14-26-6-10-28(11-7-26)22(23(33)34)18-13-29(15-21(31)32)19-12-16(24)2-3-17(18)19/h2-3,12-13,22H,4-11,14-15H2,1H3,(H,31,32)(H,33,34)/t22-/m0/s1. The van der Waals surface area contributed by atoms with Crippen LogP contribution >= 0.6 is 0 Å². The van der Waals surface area contributed by atoms with Crippen molar-refractivity contribution in [2.45, 2.75) is 12.6 Å². The van der Waals surface area contributed by atoms with Gasteiger partial charge in [0.05, 0.1) is 12.1 Å². The van der Waals surface area contributed by atoms with Gasteiger partial charge in [-0.3, -0.25) is 24.2 Å². The van der Waals surface area contributed by atoms with Crippen molar-refractivity contribution in [1.82, 2.24) is 24.2 Å². The number of aliphatic carboxylic acids is 2. The topological polar surface area (TPSA) is 110 Å². The highest BCUT2D eigenvalue weighted by Crippen LogP contribution is 2.32. The van der Waals surface area contributed by atoms with Crippen LogP contribution in [0, 0.1) is 5.82 Å². The Kier molecular flexibility index (Phi) is 7.15. The van der Waals surface area contributed by atoms with Gasteiger partial charge in [0.1, 0.15) is 18.4 Å². The number of halogens is 1. The maximum absolute atomic E-state index is 13.9. The molecule has 2 aliphatic rings. The highest BCUT2D eigenvalue weighted by atomic mass is 19.1. The van der Waals surface area contributed by atoms with Gasteiger partial charge in [-0.25, -0.2) is 4.39 Å². The molecule has 184 valence electrons. The van der Waals surface area contributed by atoms with Crippen LogP contribution in [0.2, 0.25) is 0 Å². The number of nitrogens with zero attached hydrogens (tertiary/aromatic N) is 5. The molecule has 2 fully saturated rings. The van der Waals surface area contributed by atoms with Gasteiger partial charge in [0, 0.05) is 69.5 Å². The average Bonchev–Trinajstić information content (AvgIpc) is 3.11. The molecule has 11 heteroatoms. The minimum absolute atomic E-state index is 0.0927. The van der Waals surface area contributed by atoms with E-state index < -0.39 is 30.3 Å². The van der Waals surface area contributed by atoms with Crippen molar-refractivity contribution < 1.29 is 29.0 Å². The molecule has 1 amide bonds. The number of fused-ring (bicyclic) bond motifs is 1. The van der Waals surface area contributed by atoms with Crippen molar-refractivity contribution in [2.75, 3.05) is 66.0 Å². The number of amides is 1. The van der Waals surface area contributed by atoms with Crippen LogP contribution in [0.4, 0.5) is 4.39 Å². The van der Waals surface area contributed by atoms with E-state index in [9.17, 15) is 29.0 Å². The second-order valence-corrected chi connectivity index (χ2v) is 9.00. The molecule has 0 aliphatic carbocycles. The van der Waals surface area contributed by atoms with Crippen molar-refractivity contribution in [3.8, 4) is 0 Å². The van der Waals surface area contributed by atoms with Crippen LogP contribution in [0.1, 0.15) is 11.6 Å². The van der Waals surface area contributed by atoms with Crippen LogP contribution < -0.4 is 0 Å². The van der Waals surface area contributed by atoms with Crippen LogP contribution in [-0.4, -0.2) is 118 Å². The maximum Gasteiger partial charge on any atom is 0.325 e. The predicted octanol–water partition coefficient (Wildman–Crippen LogP) is 0.382. The van der Waals surface area contributed by atoms with E-state index in [1.165, 1.54) is 29.0 Å². The lowest BCUT2D eigenvalue weighted by Gasteiger charge is -2.39. The normalized spacial score (nSPS) is 19.4. The van der Waals surface area contributed by atoms with Gasteiger partial charge in [-0.05, 0) is 25.2 Å². The van der Waals surface area contributed by atoms with E-state index in [0.29, 0.717) is 49.2 Å². The van der Waals surface area contributed by atoms with Crippen LogP contribution in [0.5, 0.6) is 0 Å². The fourth-order valence-electron chi connectivity index (χ4n) is 4.80. The summed E-state index contributed by atoms with van der Waals surface area (Å²) in [6.07, 6.45) is 1.50. The molecule has 2 saturated heterocycles. The molecule has 2 aliphatic heterocycles. The van der Waals surface area contributed by atoms with Crippen LogP contribution in [0.3, 0.4) is 0 Å². The van der Waals surface area contributed by atoms with Crippen LogP contribution in [-0.2, 0) is 20.9 Å². The number of benzene rings is 1. The summed E-state index contributed by atoms with van der Waals surface area (Å²) in [6, 6.07) is 2.97. The largest absolute Gasteiger partial charge is 0.480 e. The Bertz CT molecular complexity index is 1070. The smallest absolute Gasteiger partial charge is 0.325 e.